The van der Waals surface area contributed by atoms with Crippen molar-refractivity contribution >= 4 is 28.5 Å². The van der Waals surface area contributed by atoms with Gasteiger partial charge in [0, 0.05) is 41.9 Å². The van der Waals surface area contributed by atoms with Crippen LogP contribution in [-0.4, -0.2) is 60.8 Å². The highest BCUT2D eigenvalue weighted by Gasteiger charge is 2.51. The van der Waals surface area contributed by atoms with Crippen molar-refractivity contribution in [3.8, 4) is 11.5 Å². The Balaban J connectivity index is 0.000000152. The molecule has 8 heteroatoms. The number of para-hydroxylation sites is 1. The van der Waals surface area contributed by atoms with Crippen LogP contribution in [0.1, 0.15) is 94.0 Å². The third-order valence-corrected chi connectivity index (χ3v) is 11.0. The number of carbonyl (C=O) groups excluding carboxylic acids is 2. The molecule has 2 aromatic carbocycles. The molecular weight excluding hydrogens is 578 g/mol. The van der Waals surface area contributed by atoms with Crippen molar-refractivity contribution < 1.29 is 23.8 Å². The summed E-state index contributed by atoms with van der Waals surface area (Å²) in [5.74, 6) is 1.78. The average molecular weight is 626 g/mol. The van der Waals surface area contributed by atoms with E-state index in [1.165, 1.54) is 35.9 Å². The summed E-state index contributed by atoms with van der Waals surface area (Å²) in [6, 6.07) is 14.9. The molecule has 0 bridgehead atoms. The predicted octanol–water partition coefficient (Wildman–Crippen LogP) is 6.77. The van der Waals surface area contributed by atoms with Crippen molar-refractivity contribution in [2.24, 2.45) is 5.41 Å². The molecular formula is C38H47N3O5. The van der Waals surface area contributed by atoms with Gasteiger partial charge in [-0.25, -0.2) is 4.79 Å². The third kappa shape index (κ3) is 5.38. The van der Waals surface area contributed by atoms with Crippen LogP contribution in [0.15, 0.2) is 48.5 Å². The number of benzene rings is 2. The highest BCUT2D eigenvalue weighted by atomic mass is 16.5. The van der Waals surface area contributed by atoms with Crippen LogP contribution in [0.2, 0.25) is 0 Å². The summed E-state index contributed by atoms with van der Waals surface area (Å²) in [6.07, 6.45) is 12.3. The fourth-order valence-electron chi connectivity index (χ4n) is 8.70. The summed E-state index contributed by atoms with van der Waals surface area (Å²) in [7, 11) is 1.66. The van der Waals surface area contributed by atoms with Crippen molar-refractivity contribution in [1.82, 2.24) is 14.8 Å². The van der Waals surface area contributed by atoms with E-state index in [0.29, 0.717) is 31.7 Å². The summed E-state index contributed by atoms with van der Waals surface area (Å²) < 4.78 is 19.2. The quantitative estimate of drug-likeness (QED) is 0.292. The van der Waals surface area contributed by atoms with Crippen LogP contribution in [0.25, 0.3) is 16.6 Å². The molecule has 1 N–H and O–H groups in total. The Morgan fingerprint density at radius 3 is 2.61 bits per heavy atom. The standard InChI is InChI=1S/C22H26N2O2.C16H21NO3/c1-3-22-11-7-12-23-13-10-16-15-8-5-6-9-17(15)24(19(16)20(22)23)18(14-22)21(25)26-4-2;1-19-14-7-6-11(12-9-16(18)17-10-12)8-15(14)20-13-4-2-3-5-13/h5-6,8-9,14,20H,3-4,7,10-13H2,1-2H3;6-8,12-13H,2-5,9-10H2,1H3,(H,17,18)/t20-,22+;/m1./s1. The van der Waals surface area contributed by atoms with Gasteiger partial charge in [-0.2, -0.15) is 0 Å². The first-order valence-corrected chi connectivity index (χ1v) is 17.3. The van der Waals surface area contributed by atoms with Gasteiger partial charge in [0.2, 0.25) is 5.91 Å². The Morgan fingerprint density at radius 1 is 1.04 bits per heavy atom. The Kier molecular flexibility index (Phi) is 8.57. The van der Waals surface area contributed by atoms with Crippen molar-refractivity contribution in [2.45, 2.75) is 89.7 Å². The smallest absolute Gasteiger partial charge is 0.354 e. The highest BCUT2D eigenvalue weighted by Crippen LogP contribution is 2.57. The highest BCUT2D eigenvalue weighted by molar-refractivity contribution is 6.13. The number of carbonyl (C=O) groups is 2. The molecule has 1 amide bonds. The maximum Gasteiger partial charge on any atom is 0.354 e. The molecule has 5 heterocycles. The Bertz CT molecular complexity index is 1650. The van der Waals surface area contributed by atoms with Crippen LogP contribution in [0.3, 0.4) is 0 Å². The maximum absolute atomic E-state index is 12.9. The van der Waals surface area contributed by atoms with E-state index in [9.17, 15) is 9.59 Å². The van der Waals surface area contributed by atoms with E-state index in [1.807, 2.05) is 25.1 Å². The van der Waals surface area contributed by atoms with Gasteiger partial charge in [0.15, 0.2) is 11.5 Å². The lowest BCUT2D eigenvalue weighted by molar-refractivity contribution is -0.136. The summed E-state index contributed by atoms with van der Waals surface area (Å²) in [6.45, 7) is 7.56. The molecule has 1 saturated carbocycles. The Labute approximate surface area is 272 Å². The molecule has 8 rings (SSSR count). The van der Waals surface area contributed by atoms with Crippen LogP contribution in [0.5, 0.6) is 11.5 Å². The third-order valence-electron chi connectivity index (χ3n) is 11.0. The topological polar surface area (TPSA) is 82.0 Å². The summed E-state index contributed by atoms with van der Waals surface area (Å²) in [4.78, 5) is 26.9. The zero-order valence-corrected chi connectivity index (χ0v) is 27.5. The minimum absolute atomic E-state index is 0.0416. The van der Waals surface area contributed by atoms with Gasteiger partial charge >= 0.3 is 5.97 Å². The van der Waals surface area contributed by atoms with E-state index >= 15 is 0 Å². The second-order valence-electron chi connectivity index (χ2n) is 13.5. The Morgan fingerprint density at radius 2 is 1.87 bits per heavy atom. The molecule has 1 aliphatic carbocycles. The van der Waals surface area contributed by atoms with Gasteiger partial charge in [-0.1, -0.05) is 31.2 Å². The Hall–Kier alpha value is -3.78. The number of methoxy groups -OCH3 is 1. The summed E-state index contributed by atoms with van der Waals surface area (Å²) in [5.41, 5.74) is 5.86. The van der Waals surface area contributed by atoms with Crippen LogP contribution >= 0.6 is 0 Å². The molecule has 3 atom stereocenters. The largest absolute Gasteiger partial charge is 0.493 e. The molecule has 244 valence electrons. The molecule has 1 aromatic heterocycles. The molecule has 3 fully saturated rings. The number of nitrogens with one attached hydrogen (secondary N) is 1. The molecule has 3 aromatic rings. The van der Waals surface area contributed by atoms with E-state index in [2.05, 4.69) is 52.0 Å². The van der Waals surface area contributed by atoms with Gasteiger partial charge in [-0.3, -0.25) is 9.69 Å². The van der Waals surface area contributed by atoms with Crippen LogP contribution in [-0.2, 0) is 20.7 Å². The zero-order chi connectivity index (χ0) is 31.8. The molecule has 8 nitrogen and oxygen atoms in total. The van der Waals surface area contributed by atoms with E-state index in [4.69, 9.17) is 14.2 Å². The molecule has 0 radical (unpaired) electrons. The molecule has 5 aliphatic rings. The number of piperidine rings is 1. The van der Waals surface area contributed by atoms with Crippen molar-refractivity contribution in [2.75, 3.05) is 33.4 Å². The average Bonchev–Trinajstić information content (AvgIpc) is 3.84. The molecule has 46 heavy (non-hydrogen) atoms. The lowest BCUT2D eigenvalue weighted by Gasteiger charge is -2.53. The minimum atomic E-state index is -0.190. The monoisotopic (exact) mass is 625 g/mol. The number of hydrogen-bond acceptors (Lipinski definition) is 6. The van der Waals surface area contributed by atoms with Gasteiger partial charge in [-0.05, 0) is 100 Å². The zero-order valence-electron chi connectivity index (χ0n) is 27.5. The number of esters is 1. The molecule has 0 spiro atoms. The van der Waals surface area contributed by atoms with E-state index in [-0.39, 0.29) is 23.2 Å². The number of rotatable bonds is 7. The fourth-order valence-corrected chi connectivity index (χ4v) is 8.70. The lowest BCUT2D eigenvalue weighted by Crippen LogP contribution is -2.51. The SMILES string of the molecule is CCOC(=O)C1=C[C@]2(CC)CCCN3CCc4c(n1c1ccccc41)[C@@H]32.COc1ccc(C2CNC(=O)C2)cc1OC1CCCC1. The number of fused-ring (bicyclic) bond motifs is 3. The number of aromatic nitrogens is 1. The second kappa shape index (κ2) is 12.8. The number of hydrogen-bond donors (Lipinski definition) is 1. The van der Waals surface area contributed by atoms with Crippen LogP contribution < -0.4 is 14.8 Å². The van der Waals surface area contributed by atoms with E-state index in [1.54, 1.807) is 7.11 Å². The molecule has 4 aliphatic heterocycles. The van der Waals surface area contributed by atoms with Gasteiger partial charge in [0.1, 0.15) is 5.70 Å². The lowest BCUT2D eigenvalue weighted by atomic mass is 9.66. The van der Waals surface area contributed by atoms with Crippen molar-refractivity contribution in [3.05, 3.63) is 65.4 Å². The minimum Gasteiger partial charge on any atom is -0.493 e. The number of nitrogens with zero attached hydrogens (tertiary/aromatic N) is 2. The van der Waals surface area contributed by atoms with E-state index < -0.39 is 0 Å². The summed E-state index contributed by atoms with van der Waals surface area (Å²) >= 11 is 0. The normalized spacial score (nSPS) is 25.3. The van der Waals surface area contributed by atoms with Gasteiger partial charge < -0.3 is 24.1 Å². The predicted molar refractivity (Wildman–Crippen MR) is 179 cm³/mol. The van der Waals surface area contributed by atoms with Gasteiger partial charge in [0.25, 0.3) is 0 Å². The van der Waals surface area contributed by atoms with Crippen LogP contribution in [0, 0.1) is 5.41 Å². The number of amides is 1. The molecule has 1 unspecified atom stereocenters. The second-order valence-corrected chi connectivity index (χ2v) is 13.5. The first-order valence-electron chi connectivity index (χ1n) is 17.3. The van der Waals surface area contributed by atoms with Gasteiger partial charge in [0.05, 0.1) is 31.4 Å². The van der Waals surface area contributed by atoms with Gasteiger partial charge in [-0.15, -0.1) is 0 Å². The molecule has 2 saturated heterocycles. The fraction of sp³-hybridized carbons (Fsp3) is 0.526. The number of ether oxygens (including phenoxy) is 3. The van der Waals surface area contributed by atoms with Crippen molar-refractivity contribution in [3.63, 3.8) is 0 Å². The van der Waals surface area contributed by atoms with Crippen LogP contribution in [0.4, 0.5) is 0 Å². The maximum atomic E-state index is 12.9. The summed E-state index contributed by atoms with van der Waals surface area (Å²) in [5, 5.41) is 4.18. The first-order chi connectivity index (χ1) is 22.5. The first kappa shape index (κ1) is 30.9. The van der Waals surface area contributed by atoms with Crippen molar-refractivity contribution in [1.29, 1.82) is 0 Å². The van der Waals surface area contributed by atoms with E-state index in [0.717, 1.165) is 73.5 Å².